The third kappa shape index (κ3) is 4.62. The van der Waals surface area contributed by atoms with Crippen LogP contribution in [0.25, 0.3) is 0 Å². The summed E-state index contributed by atoms with van der Waals surface area (Å²) in [4.78, 5) is 12.9. The summed E-state index contributed by atoms with van der Waals surface area (Å²) in [6.45, 7) is 7.45. The van der Waals surface area contributed by atoms with Gasteiger partial charge in [0.25, 0.3) is 5.91 Å². The van der Waals surface area contributed by atoms with E-state index in [4.69, 9.17) is 0 Å². The molecule has 0 atom stereocenters. The normalized spacial score (nSPS) is 16.1. The maximum atomic E-state index is 13.0. The average Bonchev–Trinajstić information content (AvgIpc) is 2.68. The van der Waals surface area contributed by atoms with E-state index in [1.807, 2.05) is 38.1 Å². The van der Waals surface area contributed by atoms with Crippen LogP contribution in [0.4, 0.5) is 0 Å². The molecule has 0 aromatic heterocycles. The molecular formula is C22H28N2O3S. The average molecular weight is 401 g/mol. The third-order valence-corrected chi connectivity index (χ3v) is 7.30. The lowest BCUT2D eigenvalue weighted by Gasteiger charge is -2.29. The van der Waals surface area contributed by atoms with Gasteiger partial charge in [0.1, 0.15) is 0 Å². The molecule has 2 aromatic rings. The first-order valence-corrected chi connectivity index (χ1v) is 11.2. The number of carbonyl (C=O) groups excluding carboxylic acids is 1. The molecule has 150 valence electrons. The van der Waals surface area contributed by atoms with Crippen molar-refractivity contribution in [2.45, 2.75) is 45.1 Å². The van der Waals surface area contributed by atoms with Gasteiger partial charge in [0, 0.05) is 25.2 Å². The molecular weight excluding hydrogens is 372 g/mol. The van der Waals surface area contributed by atoms with E-state index < -0.39 is 10.0 Å². The third-order valence-electron chi connectivity index (χ3n) is 5.41. The van der Waals surface area contributed by atoms with Crippen molar-refractivity contribution in [2.24, 2.45) is 5.92 Å². The molecule has 1 N–H and O–H groups in total. The van der Waals surface area contributed by atoms with Crippen LogP contribution in [0.5, 0.6) is 0 Å². The van der Waals surface area contributed by atoms with Gasteiger partial charge in [-0.3, -0.25) is 4.79 Å². The van der Waals surface area contributed by atoms with Crippen LogP contribution in [0.3, 0.4) is 0 Å². The van der Waals surface area contributed by atoms with Gasteiger partial charge in [0.2, 0.25) is 10.0 Å². The van der Waals surface area contributed by atoms with Crippen LogP contribution in [0, 0.1) is 19.8 Å². The first-order chi connectivity index (χ1) is 13.3. The molecule has 1 saturated heterocycles. The molecule has 0 unspecified atom stereocenters. The van der Waals surface area contributed by atoms with E-state index in [0.717, 1.165) is 29.5 Å². The van der Waals surface area contributed by atoms with Crippen molar-refractivity contribution in [3.63, 3.8) is 0 Å². The Morgan fingerprint density at radius 1 is 1.07 bits per heavy atom. The second kappa shape index (κ2) is 8.45. The van der Waals surface area contributed by atoms with Gasteiger partial charge in [-0.2, -0.15) is 4.31 Å². The highest BCUT2D eigenvalue weighted by Gasteiger charge is 2.28. The van der Waals surface area contributed by atoms with Gasteiger partial charge in [0.05, 0.1) is 4.90 Å². The molecule has 0 radical (unpaired) electrons. The van der Waals surface area contributed by atoms with E-state index >= 15 is 0 Å². The van der Waals surface area contributed by atoms with Crippen molar-refractivity contribution in [3.8, 4) is 0 Å². The molecule has 6 heteroatoms. The molecule has 1 fully saturated rings. The number of nitrogens with one attached hydrogen (secondary N) is 1. The van der Waals surface area contributed by atoms with Gasteiger partial charge >= 0.3 is 0 Å². The number of piperidine rings is 1. The first-order valence-electron chi connectivity index (χ1n) is 9.72. The zero-order valence-electron chi connectivity index (χ0n) is 16.7. The molecule has 2 aromatic carbocycles. The van der Waals surface area contributed by atoms with Crippen molar-refractivity contribution >= 4 is 15.9 Å². The molecule has 0 aliphatic carbocycles. The van der Waals surface area contributed by atoms with Gasteiger partial charge < -0.3 is 5.32 Å². The van der Waals surface area contributed by atoms with Crippen molar-refractivity contribution < 1.29 is 13.2 Å². The molecule has 1 amide bonds. The molecule has 3 rings (SSSR count). The van der Waals surface area contributed by atoms with E-state index in [0.29, 0.717) is 31.1 Å². The number of rotatable bonds is 5. The Morgan fingerprint density at radius 3 is 2.36 bits per heavy atom. The van der Waals surface area contributed by atoms with Crippen LogP contribution in [-0.2, 0) is 16.6 Å². The summed E-state index contributed by atoms with van der Waals surface area (Å²) in [5.41, 5.74) is 3.32. The fraction of sp³-hybridized carbons (Fsp3) is 0.409. The standard InChI is InChI=1S/C22H28N2O3S/c1-16-4-7-19(8-5-16)15-23-22(25)21-14-20(9-6-18(21)3)28(26,27)24-12-10-17(2)11-13-24/h4-9,14,17H,10-13,15H2,1-3H3,(H,23,25). The van der Waals surface area contributed by atoms with Crippen molar-refractivity contribution in [3.05, 3.63) is 64.7 Å². The predicted octanol–water partition coefficient (Wildman–Crippen LogP) is 3.65. The number of amides is 1. The van der Waals surface area contributed by atoms with E-state index in [-0.39, 0.29) is 10.8 Å². The van der Waals surface area contributed by atoms with Gasteiger partial charge in [-0.1, -0.05) is 42.8 Å². The van der Waals surface area contributed by atoms with Gasteiger partial charge in [-0.05, 0) is 55.9 Å². The quantitative estimate of drug-likeness (QED) is 0.833. The monoisotopic (exact) mass is 400 g/mol. The van der Waals surface area contributed by atoms with Crippen molar-refractivity contribution in [2.75, 3.05) is 13.1 Å². The molecule has 1 aliphatic heterocycles. The lowest BCUT2D eigenvalue weighted by Crippen LogP contribution is -2.38. The molecule has 0 spiro atoms. The maximum absolute atomic E-state index is 13.0. The van der Waals surface area contributed by atoms with Crippen LogP contribution >= 0.6 is 0 Å². The zero-order chi connectivity index (χ0) is 20.3. The summed E-state index contributed by atoms with van der Waals surface area (Å²) in [5, 5.41) is 2.89. The fourth-order valence-electron chi connectivity index (χ4n) is 3.36. The van der Waals surface area contributed by atoms with Crippen molar-refractivity contribution in [1.29, 1.82) is 0 Å². The number of carbonyl (C=O) groups is 1. The Morgan fingerprint density at radius 2 is 1.71 bits per heavy atom. The number of sulfonamides is 1. The summed E-state index contributed by atoms with van der Waals surface area (Å²) in [7, 11) is -3.58. The van der Waals surface area contributed by atoms with Crippen LogP contribution in [0.2, 0.25) is 0 Å². The minimum atomic E-state index is -3.58. The number of hydrogen-bond donors (Lipinski definition) is 1. The molecule has 0 bridgehead atoms. The van der Waals surface area contributed by atoms with Crippen LogP contribution in [-0.4, -0.2) is 31.7 Å². The van der Waals surface area contributed by atoms with E-state index in [1.165, 1.54) is 10.4 Å². The Kier molecular flexibility index (Phi) is 6.20. The Hall–Kier alpha value is -2.18. The zero-order valence-corrected chi connectivity index (χ0v) is 17.6. The molecule has 1 heterocycles. The lowest BCUT2D eigenvalue weighted by atomic mass is 10.0. The Balaban J connectivity index is 1.76. The fourth-order valence-corrected chi connectivity index (χ4v) is 4.86. The molecule has 5 nitrogen and oxygen atoms in total. The minimum Gasteiger partial charge on any atom is -0.348 e. The smallest absolute Gasteiger partial charge is 0.251 e. The van der Waals surface area contributed by atoms with E-state index in [1.54, 1.807) is 12.1 Å². The minimum absolute atomic E-state index is 0.188. The molecule has 1 aliphatic rings. The van der Waals surface area contributed by atoms with Crippen LogP contribution < -0.4 is 5.32 Å². The number of benzene rings is 2. The summed E-state index contributed by atoms with van der Waals surface area (Å²) in [5.74, 6) is 0.287. The highest BCUT2D eigenvalue weighted by Crippen LogP contribution is 2.25. The summed E-state index contributed by atoms with van der Waals surface area (Å²) < 4.78 is 27.5. The van der Waals surface area contributed by atoms with Crippen LogP contribution in [0.1, 0.15) is 46.8 Å². The van der Waals surface area contributed by atoms with Crippen LogP contribution in [0.15, 0.2) is 47.4 Å². The van der Waals surface area contributed by atoms with Gasteiger partial charge in [-0.25, -0.2) is 8.42 Å². The highest BCUT2D eigenvalue weighted by atomic mass is 32.2. The number of hydrogen-bond acceptors (Lipinski definition) is 3. The topological polar surface area (TPSA) is 66.5 Å². The second-order valence-corrected chi connectivity index (χ2v) is 9.67. The van der Waals surface area contributed by atoms with Gasteiger partial charge in [0.15, 0.2) is 0 Å². The SMILES string of the molecule is Cc1ccc(CNC(=O)c2cc(S(=O)(=O)N3CCC(C)CC3)ccc2C)cc1. The highest BCUT2D eigenvalue weighted by molar-refractivity contribution is 7.89. The number of aryl methyl sites for hydroxylation is 2. The summed E-state index contributed by atoms with van der Waals surface area (Å²) in [6.07, 6.45) is 1.74. The molecule has 28 heavy (non-hydrogen) atoms. The largest absolute Gasteiger partial charge is 0.348 e. The Labute approximate surface area is 167 Å². The Bertz CT molecular complexity index is 944. The van der Waals surface area contributed by atoms with E-state index in [9.17, 15) is 13.2 Å². The lowest BCUT2D eigenvalue weighted by molar-refractivity contribution is 0.0950. The van der Waals surface area contributed by atoms with Crippen molar-refractivity contribution in [1.82, 2.24) is 9.62 Å². The first kappa shape index (κ1) is 20.6. The van der Waals surface area contributed by atoms with E-state index in [2.05, 4.69) is 12.2 Å². The second-order valence-electron chi connectivity index (χ2n) is 7.73. The summed E-state index contributed by atoms with van der Waals surface area (Å²) >= 11 is 0. The number of nitrogens with zero attached hydrogens (tertiary/aromatic N) is 1. The van der Waals surface area contributed by atoms with Gasteiger partial charge in [-0.15, -0.1) is 0 Å². The predicted molar refractivity (Wildman–Crippen MR) is 111 cm³/mol. The summed E-state index contributed by atoms with van der Waals surface area (Å²) in [6, 6.07) is 12.8. The maximum Gasteiger partial charge on any atom is 0.251 e. The molecule has 0 saturated carbocycles.